The van der Waals surface area contributed by atoms with Crippen LogP contribution in [0, 0.1) is 0 Å². The monoisotopic (exact) mass is 483 g/mol. The number of ether oxygens (including phenoxy) is 2. The van der Waals surface area contributed by atoms with E-state index in [-0.39, 0.29) is 12.2 Å². The van der Waals surface area contributed by atoms with Crippen LogP contribution in [0.3, 0.4) is 0 Å². The SMILES string of the molecule is C=CCc1cc(/C=C2\C(=O)ON=C2c2ccccc2)cc(OCC)c1OCc1ccc(C(=O)O)cc1. The van der Waals surface area contributed by atoms with Gasteiger partial charge >= 0.3 is 11.9 Å². The highest BCUT2D eigenvalue weighted by Gasteiger charge is 2.27. The highest BCUT2D eigenvalue weighted by Crippen LogP contribution is 2.36. The van der Waals surface area contributed by atoms with E-state index in [0.717, 1.165) is 22.3 Å². The summed E-state index contributed by atoms with van der Waals surface area (Å²) in [6.45, 7) is 6.37. The molecule has 1 heterocycles. The van der Waals surface area contributed by atoms with Crippen molar-refractivity contribution in [1.29, 1.82) is 0 Å². The number of hydrogen-bond donors (Lipinski definition) is 1. The van der Waals surface area contributed by atoms with E-state index in [1.54, 1.807) is 30.4 Å². The molecule has 36 heavy (non-hydrogen) atoms. The van der Waals surface area contributed by atoms with Crippen molar-refractivity contribution in [2.24, 2.45) is 5.16 Å². The van der Waals surface area contributed by atoms with Gasteiger partial charge in [-0.2, -0.15) is 0 Å². The molecule has 182 valence electrons. The molecule has 1 aliphatic heterocycles. The molecule has 0 radical (unpaired) electrons. The Morgan fingerprint density at radius 3 is 2.50 bits per heavy atom. The average Bonchev–Trinajstić information content (AvgIpc) is 3.24. The lowest BCUT2D eigenvalue weighted by Gasteiger charge is -2.17. The fourth-order valence-corrected chi connectivity index (χ4v) is 3.78. The predicted octanol–water partition coefficient (Wildman–Crippen LogP) is 5.44. The maximum atomic E-state index is 12.5. The minimum absolute atomic E-state index is 0.211. The first-order chi connectivity index (χ1) is 17.5. The van der Waals surface area contributed by atoms with Gasteiger partial charge in [-0.3, -0.25) is 0 Å². The van der Waals surface area contributed by atoms with Gasteiger partial charge in [0.15, 0.2) is 11.5 Å². The molecule has 0 saturated carbocycles. The molecule has 0 atom stereocenters. The van der Waals surface area contributed by atoms with Gasteiger partial charge in [-0.1, -0.05) is 53.7 Å². The van der Waals surface area contributed by atoms with E-state index in [1.807, 2.05) is 43.3 Å². The molecular formula is C29H25NO6. The Hall–Kier alpha value is -4.65. The van der Waals surface area contributed by atoms with Crippen molar-refractivity contribution in [3.63, 3.8) is 0 Å². The van der Waals surface area contributed by atoms with Crippen molar-refractivity contribution in [2.45, 2.75) is 20.0 Å². The van der Waals surface area contributed by atoms with Crippen molar-refractivity contribution in [2.75, 3.05) is 6.61 Å². The first kappa shape index (κ1) is 24.5. The van der Waals surface area contributed by atoms with Gasteiger partial charge in [-0.15, -0.1) is 6.58 Å². The number of carbonyl (C=O) groups excluding carboxylic acids is 1. The number of hydrogen-bond acceptors (Lipinski definition) is 6. The van der Waals surface area contributed by atoms with Crippen LogP contribution in [0.2, 0.25) is 0 Å². The number of aromatic carboxylic acids is 1. The summed E-state index contributed by atoms with van der Waals surface area (Å²) in [4.78, 5) is 28.5. The van der Waals surface area contributed by atoms with Gasteiger partial charge in [0.05, 0.1) is 17.7 Å². The van der Waals surface area contributed by atoms with Crippen LogP contribution in [0.25, 0.3) is 6.08 Å². The first-order valence-corrected chi connectivity index (χ1v) is 11.4. The molecule has 0 spiro atoms. The van der Waals surface area contributed by atoms with Crippen LogP contribution in [0.1, 0.15) is 39.5 Å². The minimum atomic E-state index is -0.981. The number of benzene rings is 3. The topological polar surface area (TPSA) is 94.4 Å². The lowest BCUT2D eigenvalue weighted by atomic mass is 9.99. The van der Waals surface area contributed by atoms with E-state index in [2.05, 4.69) is 11.7 Å². The maximum absolute atomic E-state index is 12.5. The van der Waals surface area contributed by atoms with E-state index < -0.39 is 11.9 Å². The quantitative estimate of drug-likeness (QED) is 0.235. The fourth-order valence-electron chi connectivity index (χ4n) is 3.78. The van der Waals surface area contributed by atoms with Crippen LogP contribution in [0.15, 0.2) is 90.1 Å². The number of allylic oxidation sites excluding steroid dienone is 1. The Morgan fingerprint density at radius 1 is 1.08 bits per heavy atom. The Labute approximate surface area is 208 Å². The first-order valence-electron chi connectivity index (χ1n) is 11.4. The molecule has 4 rings (SSSR count). The summed E-state index contributed by atoms with van der Waals surface area (Å²) in [6, 6.07) is 19.6. The molecule has 0 amide bonds. The molecule has 0 aromatic heterocycles. The predicted molar refractivity (Wildman–Crippen MR) is 136 cm³/mol. The summed E-state index contributed by atoms with van der Waals surface area (Å²) in [5, 5.41) is 13.1. The summed E-state index contributed by atoms with van der Waals surface area (Å²) in [5.74, 6) is -0.421. The van der Waals surface area contributed by atoms with Crippen molar-refractivity contribution in [1.82, 2.24) is 0 Å². The summed E-state index contributed by atoms with van der Waals surface area (Å²) >= 11 is 0. The van der Waals surface area contributed by atoms with Crippen molar-refractivity contribution in [3.8, 4) is 11.5 Å². The standard InChI is InChI=1S/C29H25NO6/c1-3-8-23-15-20(16-24-26(30-36-29(24)33)21-9-6-5-7-10-21)17-25(34-4-2)27(23)35-18-19-11-13-22(14-12-19)28(31)32/h3,5-7,9-17H,1,4,8,18H2,2H3,(H,31,32)/b24-16-. The third-order valence-electron chi connectivity index (χ3n) is 5.46. The number of carboxylic acids is 1. The Balaban J connectivity index is 1.68. The Kier molecular flexibility index (Phi) is 7.60. The van der Waals surface area contributed by atoms with Crippen LogP contribution in [0.4, 0.5) is 0 Å². The smallest absolute Gasteiger partial charge is 0.368 e. The highest BCUT2D eigenvalue weighted by molar-refractivity contribution is 6.31. The van der Waals surface area contributed by atoms with Crippen LogP contribution in [-0.2, 0) is 22.7 Å². The molecule has 0 saturated heterocycles. The molecule has 1 aliphatic rings. The van der Waals surface area contributed by atoms with Crippen LogP contribution in [0.5, 0.6) is 11.5 Å². The second-order valence-corrected chi connectivity index (χ2v) is 7.97. The number of nitrogens with zero attached hydrogens (tertiary/aromatic N) is 1. The highest BCUT2D eigenvalue weighted by atomic mass is 16.7. The molecule has 1 N–H and O–H groups in total. The lowest BCUT2D eigenvalue weighted by molar-refractivity contribution is -0.136. The van der Waals surface area contributed by atoms with Gasteiger partial charge < -0.3 is 19.4 Å². The lowest BCUT2D eigenvalue weighted by Crippen LogP contribution is -2.07. The van der Waals surface area contributed by atoms with Crippen LogP contribution >= 0.6 is 0 Å². The number of rotatable bonds is 10. The summed E-state index contributed by atoms with van der Waals surface area (Å²) in [6.07, 6.45) is 4.00. The molecule has 0 aliphatic carbocycles. The fraction of sp³-hybridized carbons (Fsp3) is 0.138. The Morgan fingerprint density at radius 2 is 1.83 bits per heavy atom. The number of carboxylic acid groups (broad SMARTS) is 1. The molecule has 7 heteroatoms. The zero-order valence-corrected chi connectivity index (χ0v) is 19.8. The Bertz CT molecular complexity index is 1340. The van der Waals surface area contributed by atoms with Crippen LogP contribution < -0.4 is 9.47 Å². The average molecular weight is 484 g/mol. The second kappa shape index (κ2) is 11.2. The van der Waals surface area contributed by atoms with Gasteiger partial charge in [0.25, 0.3) is 0 Å². The molecule has 3 aromatic rings. The maximum Gasteiger partial charge on any atom is 0.368 e. The van der Waals surface area contributed by atoms with Crippen molar-refractivity contribution >= 4 is 23.7 Å². The number of carbonyl (C=O) groups is 2. The van der Waals surface area contributed by atoms with Gasteiger partial charge in [0.2, 0.25) is 0 Å². The molecule has 3 aromatic carbocycles. The van der Waals surface area contributed by atoms with Gasteiger partial charge in [0.1, 0.15) is 12.3 Å². The van der Waals surface area contributed by atoms with Crippen molar-refractivity contribution in [3.05, 3.63) is 113 Å². The van der Waals surface area contributed by atoms with Gasteiger partial charge in [-0.05, 0) is 54.8 Å². The van der Waals surface area contributed by atoms with E-state index >= 15 is 0 Å². The van der Waals surface area contributed by atoms with Crippen molar-refractivity contribution < 1.29 is 29.0 Å². The molecular weight excluding hydrogens is 458 g/mol. The third kappa shape index (κ3) is 5.52. The van der Waals surface area contributed by atoms with Gasteiger partial charge in [-0.25, -0.2) is 9.59 Å². The minimum Gasteiger partial charge on any atom is -0.490 e. The molecule has 0 bridgehead atoms. The van der Waals surface area contributed by atoms with E-state index in [1.165, 1.54) is 12.1 Å². The summed E-state index contributed by atoms with van der Waals surface area (Å²) < 4.78 is 12.0. The zero-order chi connectivity index (χ0) is 25.5. The summed E-state index contributed by atoms with van der Waals surface area (Å²) in [5.41, 5.74) is 4.17. The normalized spacial score (nSPS) is 13.8. The molecule has 7 nitrogen and oxygen atoms in total. The second-order valence-electron chi connectivity index (χ2n) is 7.97. The van der Waals surface area contributed by atoms with Crippen LogP contribution in [-0.4, -0.2) is 29.4 Å². The van der Waals surface area contributed by atoms with E-state index in [0.29, 0.717) is 35.8 Å². The number of oxime groups is 1. The van der Waals surface area contributed by atoms with E-state index in [9.17, 15) is 9.59 Å². The molecule has 0 unspecified atom stereocenters. The largest absolute Gasteiger partial charge is 0.490 e. The zero-order valence-electron chi connectivity index (χ0n) is 19.8. The molecule has 0 fully saturated rings. The third-order valence-corrected chi connectivity index (χ3v) is 5.46. The van der Waals surface area contributed by atoms with Gasteiger partial charge in [0, 0.05) is 11.1 Å². The summed E-state index contributed by atoms with van der Waals surface area (Å²) in [7, 11) is 0. The van der Waals surface area contributed by atoms with E-state index in [4.69, 9.17) is 19.4 Å².